The fourth-order valence-corrected chi connectivity index (χ4v) is 2.59. The first-order chi connectivity index (χ1) is 8.56. The second-order valence-corrected chi connectivity index (χ2v) is 5.59. The standard InChI is InChI=1S/C13H16BrFN2O/c14-10-5-4-9(7-11(10)15)17-13(18)6-8-2-1-3-12(8)16/h4-5,7-8,12H,1-3,6,16H2,(H,17,18)/t8-,12+/m0/s1. The number of benzene rings is 1. The van der Waals surface area contributed by atoms with Crippen LogP contribution in [-0.2, 0) is 4.79 Å². The van der Waals surface area contributed by atoms with Crippen LogP contribution in [-0.4, -0.2) is 11.9 Å². The van der Waals surface area contributed by atoms with E-state index in [-0.39, 0.29) is 23.7 Å². The Morgan fingerprint density at radius 2 is 2.28 bits per heavy atom. The molecule has 3 nitrogen and oxygen atoms in total. The van der Waals surface area contributed by atoms with Crippen LogP contribution in [0.3, 0.4) is 0 Å². The van der Waals surface area contributed by atoms with E-state index in [0.717, 1.165) is 19.3 Å². The van der Waals surface area contributed by atoms with Gasteiger partial charge in [-0.15, -0.1) is 0 Å². The highest BCUT2D eigenvalue weighted by Crippen LogP contribution is 2.27. The zero-order chi connectivity index (χ0) is 13.1. The molecule has 0 unspecified atom stereocenters. The van der Waals surface area contributed by atoms with E-state index in [1.165, 1.54) is 6.07 Å². The number of amides is 1. The molecular weight excluding hydrogens is 299 g/mol. The molecule has 0 heterocycles. The topological polar surface area (TPSA) is 55.1 Å². The Balaban J connectivity index is 1.92. The number of hydrogen-bond acceptors (Lipinski definition) is 2. The maximum atomic E-state index is 13.3. The molecule has 2 rings (SSSR count). The van der Waals surface area contributed by atoms with Crippen LogP contribution in [0.2, 0.25) is 0 Å². The number of nitrogens with one attached hydrogen (secondary N) is 1. The highest BCUT2D eigenvalue weighted by atomic mass is 79.9. The number of halogens is 2. The summed E-state index contributed by atoms with van der Waals surface area (Å²) in [5.74, 6) is -0.227. The van der Waals surface area contributed by atoms with Crippen molar-refractivity contribution < 1.29 is 9.18 Å². The van der Waals surface area contributed by atoms with Crippen molar-refractivity contribution in [2.24, 2.45) is 11.7 Å². The molecule has 1 aliphatic carbocycles. The first kappa shape index (κ1) is 13.5. The van der Waals surface area contributed by atoms with Crippen molar-refractivity contribution in [1.82, 2.24) is 0 Å². The van der Waals surface area contributed by atoms with Crippen LogP contribution in [0.1, 0.15) is 25.7 Å². The molecule has 1 fully saturated rings. The lowest BCUT2D eigenvalue weighted by atomic mass is 10.00. The van der Waals surface area contributed by atoms with E-state index in [0.29, 0.717) is 16.6 Å². The summed E-state index contributed by atoms with van der Waals surface area (Å²) in [4.78, 5) is 11.8. The molecule has 0 bridgehead atoms. The fraction of sp³-hybridized carbons (Fsp3) is 0.462. The SMILES string of the molecule is N[C@@H]1CCC[C@H]1CC(=O)Nc1ccc(Br)c(F)c1. The Kier molecular flexibility index (Phi) is 4.35. The summed E-state index contributed by atoms with van der Waals surface area (Å²) in [6.07, 6.45) is 3.50. The van der Waals surface area contributed by atoms with E-state index >= 15 is 0 Å². The van der Waals surface area contributed by atoms with Crippen LogP contribution < -0.4 is 11.1 Å². The summed E-state index contributed by atoms with van der Waals surface area (Å²) >= 11 is 3.07. The number of nitrogens with two attached hydrogens (primary N) is 1. The monoisotopic (exact) mass is 314 g/mol. The smallest absolute Gasteiger partial charge is 0.224 e. The second kappa shape index (κ2) is 5.80. The first-order valence-electron chi connectivity index (χ1n) is 6.07. The van der Waals surface area contributed by atoms with Gasteiger partial charge < -0.3 is 11.1 Å². The van der Waals surface area contributed by atoms with Gasteiger partial charge in [0, 0.05) is 18.2 Å². The van der Waals surface area contributed by atoms with Crippen molar-refractivity contribution in [3.05, 3.63) is 28.5 Å². The molecule has 0 aromatic heterocycles. The molecule has 1 amide bonds. The lowest BCUT2D eigenvalue weighted by molar-refractivity contribution is -0.117. The fourth-order valence-electron chi connectivity index (χ4n) is 2.34. The molecule has 2 atom stereocenters. The third kappa shape index (κ3) is 3.29. The van der Waals surface area contributed by atoms with Crippen LogP contribution in [0, 0.1) is 11.7 Å². The molecule has 98 valence electrons. The van der Waals surface area contributed by atoms with Crippen molar-refractivity contribution in [2.45, 2.75) is 31.7 Å². The number of carbonyl (C=O) groups is 1. The predicted molar refractivity (Wildman–Crippen MR) is 72.7 cm³/mol. The van der Waals surface area contributed by atoms with Gasteiger partial charge >= 0.3 is 0 Å². The van der Waals surface area contributed by atoms with E-state index < -0.39 is 0 Å². The van der Waals surface area contributed by atoms with E-state index in [1.807, 2.05) is 0 Å². The van der Waals surface area contributed by atoms with Crippen molar-refractivity contribution in [2.75, 3.05) is 5.32 Å². The molecule has 0 radical (unpaired) electrons. The van der Waals surface area contributed by atoms with Gasteiger partial charge in [-0.2, -0.15) is 0 Å². The maximum absolute atomic E-state index is 13.3. The van der Waals surface area contributed by atoms with Gasteiger partial charge in [0.15, 0.2) is 0 Å². The van der Waals surface area contributed by atoms with Gasteiger partial charge in [-0.3, -0.25) is 4.79 Å². The van der Waals surface area contributed by atoms with Gasteiger partial charge in [0.25, 0.3) is 0 Å². The van der Waals surface area contributed by atoms with E-state index in [9.17, 15) is 9.18 Å². The lowest BCUT2D eigenvalue weighted by Crippen LogP contribution is -2.28. The normalized spacial score (nSPS) is 23.1. The molecule has 5 heteroatoms. The van der Waals surface area contributed by atoms with E-state index in [2.05, 4.69) is 21.2 Å². The van der Waals surface area contributed by atoms with Crippen LogP contribution >= 0.6 is 15.9 Å². The second-order valence-electron chi connectivity index (χ2n) is 4.74. The number of rotatable bonds is 3. The highest BCUT2D eigenvalue weighted by Gasteiger charge is 2.26. The zero-order valence-electron chi connectivity index (χ0n) is 9.96. The molecule has 3 N–H and O–H groups in total. The minimum absolute atomic E-state index is 0.0981. The summed E-state index contributed by atoms with van der Waals surface area (Å²) in [5.41, 5.74) is 6.40. The van der Waals surface area contributed by atoms with Gasteiger partial charge in [0.1, 0.15) is 5.82 Å². The number of anilines is 1. The summed E-state index contributed by atoms with van der Waals surface area (Å²) < 4.78 is 13.7. The third-order valence-electron chi connectivity index (χ3n) is 3.37. The molecule has 0 spiro atoms. The third-order valence-corrected chi connectivity index (χ3v) is 4.01. The molecule has 1 saturated carbocycles. The van der Waals surface area contributed by atoms with E-state index in [4.69, 9.17) is 5.73 Å². The molecule has 1 aromatic carbocycles. The Morgan fingerprint density at radius 3 is 2.89 bits per heavy atom. The van der Waals surface area contributed by atoms with Gasteiger partial charge in [0.05, 0.1) is 4.47 Å². The molecule has 0 aliphatic heterocycles. The predicted octanol–water partition coefficient (Wildman–Crippen LogP) is 3.04. The lowest BCUT2D eigenvalue weighted by Gasteiger charge is -2.14. The van der Waals surface area contributed by atoms with Crippen LogP contribution in [0.5, 0.6) is 0 Å². The van der Waals surface area contributed by atoms with Crippen molar-refractivity contribution in [1.29, 1.82) is 0 Å². The van der Waals surface area contributed by atoms with Crippen molar-refractivity contribution in [3.8, 4) is 0 Å². The maximum Gasteiger partial charge on any atom is 0.224 e. The molecule has 18 heavy (non-hydrogen) atoms. The molecular formula is C13H16BrFN2O. The van der Waals surface area contributed by atoms with Gasteiger partial charge in [-0.1, -0.05) is 6.42 Å². The summed E-state index contributed by atoms with van der Waals surface area (Å²) in [6, 6.07) is 4.67. The summed E-state index contributed by atoms with van der Waals surface area (Å²) in [7, 11) is 0. The van der Waals surface area contributed by atoms with E-state index in [1.54, 1.807) is 12.1 Å². The summed E-state index contributed by atoms with van der Waals surface area (Å²) in [5, 5.41) is 2.70. The van der Waals surface area contributed by atoms with Crippen LogP contribution in [0.4, 0.5) is 10.1 Å². The number of carbonyl (C=O) groups excluding carboxylic acids is 1. The van der Waals surface area contributed by atoms with Gasteiger partial charge in [-0.05, 0) is 52.9 Å². The summed E-state index contributed by atoms with van der Waals surface area (Å²) in [6.45, 7) is 0. The Morgan fingerprint density at radius 1 is 1.50 bits per heavy atom. The first-order valence-corrected chi connectivity index (χ1v) is 6.86. The average molecular weight is 315 g/mol. The highest BCUT2D eigenvalue weighted by molar-refractivity contribution is 9.10. The van der Waals surface area contributed by atoms with Gasteiger partial charge in [0.2, 0.25) is 5.91 Å². The Bertz CT molecular complexity index is 453. The molecule has 0 saturated heterocycles. The quantitative estimate of drug-likeness (QED) is 0.901. The Hall–Kier alpha value is -0.940. The Labute approximate surface area is 114 Å². The minimum Gasteiger partial charge on any atom is -0.327 e. The van der Waals surface area contributed by atoms with Crippen molar-refractivity contribution in [3.63, 3.8) is 0 Å². The molecule has 1 aliphatic rings. The minimum atomic E-state index is -0.384. The van der Waals surface area contributed by atoms with Crippen LogP contribution in [0.25, 0.3) is 0 Å². The largest absolute Gasteiger partial charge is 0.327 e. The number of hydrogen-bond donors (Lipinski definition) is 2. The molecule has 1 aromatic rings. The van der Waals surface area contributed by atoms with Crippen LogP contribution in [0.15, 0.2) is 22.7 Å². The zero-order valence-corrected chi connectivity index (χ0v) is 11.5. The van der Waals surface area contributed by atoms with Crippen molar-refractivity contribution >= 4 is 27.5 Å². The van der Waals surface area contributed by atoms with Gasteiger partial charge in [-0.25, -0.2) is 4.39 Å². The average Bonchev–Trinajstić information content (AvgIpc) is 2.70.